The number of hydrogen-bond acceptors (Lipinski definition) is 3. The van der Waals surface area contributed by atoms with Gasteiger partial charge in [-0.05, 0) is 63.9 Å². The largest absolute Gasteiger partial charge is 0.283 e. The summed E-state index contributed by atoms with van der Waals surface area (Å²) >= 11 is 6.86. The summed E-state index contributed by atoms with van der Waals surface area (Å²) in [6, 6.07) is 4.07. The summed E-state index contributed by atoms with van der Waals surface area (Å²) in [5, 5.41) is 9.36. The number of rotatable bonds is 2. The molecule has 1 fully saturated rings. The lowest BCUT2D eigenvalue weighted by Crippen LogP contribution is -2.33. The molecule has 0 aromatic carbocycles. The van der Waals surface area contributed by atoms with Crippen LogP contribution in [0.2, 0.25) is 0 Å². The molecule has 0 aliphatic carbocycles. The van der Waals surface area contributed by atoms with Gasteiger partial charge in [0.15, 0.2) is 0 Å². The fraction of sp³-hybridized carbons (Fsp3) is 0.500. The highest BCUT2D eigenvalue weighted by atomic mass is 79.9. The van der Waals surface area contributed by atoms with Crippen LogP contribution in [0.5, 0.6) is 0 Å². The van der Waals surface area contributed by atoms with Gasteiger partial charge < -0.3 is 0 Å². The molecule has 0 saturated carbocycles. The van der Waals surface area contributed by atoms with Crippen molar-refractivity contribution in [3.8, 4) is 6.07 Å². The van der Waals surface area contributed by atoms with E-state index in [1.807, 2.05) is 6.07 Å². The molecule has 5 heteroatoms. The van der Waals surface area contributed by atoms with Gasteiger partial charge in [-0.15, -0.1) is 0 Å². The Hall–Kier alpha value is -0.440. The second-order valence-corrected chi connectivity index (χ2v) is 5.92. The third kappa shape index (κ3) is 3.06. The number of piperidine rings is 1. The summed E-state index contributed by atoms with van der Waals surface area (Å²) in [7, 11) is 0. The van der Waals surface area contributed by atoms with E-state index in [2.05, 4.69) is 47.8 Å². The van der Waals surface area contributed by atoms with Gasteiger partial charge in [0, 0.05) is 15.1 Å². The van der Waals surface area contributed by atoms with E-state index in [-0.39, 0.29) is 6.04 Å². The van der Waals surface area contributed by atoms with Gasteiger partial charge in [0.25, 0.3) is 0 Å². The molecule has 0 bridgehead atoms. The number of nitriles is 1. The summed E-state index contributed by atoms with van der Waals surface area (Å²) in [5.74, 6) is 0. The lowest BCUT2D eigenvalue weighted by molar-refractivity contribution is 0.193. The molecule has 1 unspecified atom stereocenters. The minimum absolute atomic E-state index is 0.238. The van der Waals surface area contributed by atoms with Crippen LogP contribution >= 0.6 is 31.9 Å². The standard InChI is InChI=1S/C12H13Br2N3/c13-9-6-10(14)12(16-8-9)11(7-15)17-4-2-1-3-5-17/h6,8,11H,1-5H2. The Balaban J connectivity index is 2.25. The summed E-state index contributed by atoms with van der Waals surface area (Å²) in [6.45, 7) is 1.98. The molecule has 2 rings (SSSR count). The molecule has 1 aliphatic rings. The van der Waals surface area contributed by atoms with Gasteiger partial charge in [0.1, 0.15) is 6.04 Å². The van der Waals surface area contributed by atoms with E-state index in [9.17, 15) is 5.26 Å². The first-order valence-corrected chi connectivity index (χ1v) is 7.25. The molecule has 1 aliphatic heterocycles. The fourth-order valence-electron chi connectivity index (χ4n) is 2.12. The van der Waals surface area contributed by atoms with Crippen LogP contribution < -0.4 is 0 Å². The topological polar surface area (TPSA) is 39.9 Å². The first-order chi connectivity index (χ1) is 8.22. The molecule has 1 aromatic heterocycles. The number of hydrogen-bond donors (Lipinski definition) is 0. The summed E-state index contributed by atoms with van der Waals surface area (Å²) in [6.07, 6.45) is 5.36. The van der Waals surface area contributed by atoms with Gasteiger partial charge >= 0.3 is 0 Å². The van der Waals surface area contributed by atoms with Crippen molar-refractivity contribution in [3.63, 3.8) is 0 Å². The van der Waals surface area contributed by atoms with Crippen molar-refractivity contribution in [1.82, 2.24) is 9.88 Å². The number of likely N-dealkylation sites (tertiary alicyclic amines) is 1. The summed E-state index contributed by atoms with van der Waals surface area (Å²) < 4.78 is 1.81. The molecule has 1 saturated heterocycles. The van der Waals surface area contributed by atoms with E-state index in [1.165, 1.54) is 19.3 Å². The van der Waals surface area contributed by atoms with Crippen LogP contribution in [0, 0.1) is 11.3 Å². The Labute approximate surface area is 118 Å². The van der Waals surface area contributed by atoms with Crippen molar-refractivity contribution < 1.29 is 0 Å². The van der Waals surface area contributed by atoms with Crippen LogP contribution in [0.1, 0.15) is 31.0 Å². The molecule has 0 spiro atoms. The zero-order valence-electron chi connectivity index (χ0n) is 9.37. The van der Waals surface area contributed by atoms with Gasteiger partial charge in [-0.2, -0.15) is 5.26 Å². The van der Waals surface area contributed by atoms with E-state index in [0.29, 0.717) is 0 Å². The van der Waals surface area contributed by atoms with Gasteiger partial charge in [-0.1, -0.05) is 6.42 Å². The highest BCUT2D eigenvalue weighted by Crippen LogP contribution is 2.29. The molecule has 2 heterocycles. The van der Waals surface area contributed by atoms with Gasteiger partial charge in [0.2, 0.25) is 0 Å². The summed E-state index contributed by atoms with van der Waals surface area (Å²) in [4.78, 5) is 6.58. The van der Waals surface area contributed by atoms with Crippen LogP contribution in [-0.4, -0.2) is 23.0 Å². The molecule has 0 amide bonds. The predicted octanol–water partition coefficient (Wildman–Crippen LogP) is 3.66. The predicted molar refractivity (Wildman–Crippen MR) is 73.4 cm³/mol. The monoisotopic (exact) mass is 357 g/mol. The van der Waals surface area contributed by atoms with Crippen LogP contribution in [0.25, 0.3) is 0 Å². The molecular weight excluding hydrogens is 346 g/mol. The van der Waals surface area contributed by atoms with Gasteiger partial charge in [-0.25, -0.2) is 0 Å². The highest BCUT2D eigenvalue weighted by molar-refractivity contribution is 9.11. The molecular formula is C12H13Br2N3. The Morgan fingerprint density at radius 3 is 2.59 bits per heavy atom. The SMILES string of the molecule is N#CC(c1ncc(Br)cc1Br)N1CCCCC1. The third-order valence-corrected chi connectivity index (χ3v) is 4.04. The van der Waals surface area contributed by atoms with Crippen LogP contribution in [0.4, 0.5) is 0 Å². The number of nitrogens with zero attached hydrogens (tertiary/aromatic N) is 3. The van der Waals surface area contributed by atoms with Crippen LogP contribution in [0.15, 0.2) is 21.2 Å². The van der Waals surface area contributed by atoms with E-state index in [1.54, 1.807) is 6.20 Å². The first kappa shape index (κ1) is 13.0. The maximum absolute atomic E-state index is 9.36. The molecule has 17 heavy (non-hydrogen) atoms. The molecule has 1 atom stereocenters. The molecule has 90 valence electrons. The number of pyridine rings is 1. The second-order valence-electron chi connectivity index (χ2n) is 4.15. The van der Waals surface area contributed by atoms with Crippen molar-refractivity contribution in [3.05, 3.63) is 26.9 Å². The molecule has 0 N–H and O–H groups in total. The van der Waals surface area contributed by atoms with E-state index in [0.717, 1.165) is 27.7 Å². The average Bonchev–Trinajstić information content (AvgIpc) is 2.34. The highest BCUT2D eigenvalue weighted by Gasteiger charge is 2.24. The zero-order chi connectivity index (χ0) is 12.3. The Bertz CT molecular complexity index is 436. The van der Waals surface area contributed by atoms with Crippen molar-refractivity contribution in [1.29, 1.82) is 5.26 Å². The minimum Gasteiger partial charge on any atom is -0.283 e. The average molecular weight is 359 g/mol. The number of aromatic nitrogens is 1. The maximum atomic E-state index is 9.36. The Morgan fingerprint density at radius 1 is 1.29 bits per heavy atom. The van der Waals surface area contributed by atoms with Crippen molar-refractivity contribution in [2.75, 3.05) is 13.1 Å². The van der Waals surface area contributed by atoms with Crippen LogP contribution in [0.3, 0.4) is 0 Å². The fourth-order valence-corrected chi connectivity index (χ4v) is 3.32. The zero-order valence-corrected chi connectivity index (χ0v) is 12.5. The number of halogens is 2. The van der Waals surface area contributed by atoms with Crippen molar-refractivity contribution in [2.45, 2.75) is 25.3 Å². The van der Waals surface area contributed by atoms with Gasteiger partial charge in [0.05, 0.1) is 11.8 Å². The molecule has 3 nitrogen and oxygen atoms in total. The first-order valence-electron chi connectivity index (χ1n) is 5.67. The smallest absolute Gasteiger partial charge is 0.142 e. The van der Waals surface area contributed by atoms with Crippen molar-refractivity contribution >= 4 is 31.9 Å². The van der Waals surface area contributed by atoms with Crippen LogP contribution in [-0.2, 0) is 0 Å². The quantitative estimate of drug-likeness (QED) is 0.809. The van der Waals surface area contributed by atoms with E-state index < -0.39 is 0 Å². The molecule has 1 aromatic rings. The van der Waals surface area contributed by atoms with E-state index in [4.69, 9.17) is 0 Å². The normalized spacial score (nSPS) is 18.6. The van der Waals surface area contributed by atoms with Gasteiger partial charge in [-0.3, -0.25) is 9.88 Å². The summed E-state index contributed by atoms with van der Waals surface area (Å²) in [5.41, 5.74) is 0.817. The Morgan fingerprint density at radius 2 is 2.00 bits per heavy atom. The lowest BCUT2D eigenvalue weighted by atomic mass is 10.1. The minimum atomic E-state index is -0.238. The second kappa shape index (κ2) is 5.94. The molecule has 0 radical (unpaired) electrons. The third-order valence-electron chi connectivity index (χ3n) is 2.97. The Kier molecular flexibility index (Phi) is 4.55. The maximum Gasteiger partial charge on any atom is 0.142 e. The lowest BCUT2D eigenvalue weighted by Gasteiger charge is -2.30. The van der Waals surface area contributed by atoms with E-state index >= 15 is 0 Å². The van der Waals surface area contributed by atoms with Crippen molar-refractivity contribution in [2.24, 2.45) is 0 Å².